The van der Waals surface area contributed by atoms with Gasteiger partial charge in [0, 0.05) is 5.56 Å². The Morgan fingerprint density at radius 2 is 0.917 bits per heavy atom. The van der Waals surface area contributed by atoms with Crippen LogP contribution in [0, 0.1) is 11.6 Å². The highest BCUT2D eigenvalue weighted by Crippen LogP contribution is 2.30. The van der Waals surface area contributed by atoms with Crippen LogP contribution in [0.15, 0.2) is 60.7 Å². The van der Waals surface area contributed by atoms with Crippen molar-refractivity contribution in [1.82, 2.24) is 0 Å². The minimum atomic E-state index is -0.733. The predicted octanol–water partition coefficient (Wildman–Crippen LogP) is 11.1. The van der Waals surface area contributed by atoms with Crippen LogP contribution in [-0.2, 0) is 12.8 Å². The van der Waals surface area contributed by atoms with Crippen molar-refractivity contribution in [3.63, 3.8) is 0 Å². The molecular formula is C34H44F2. The smallest absolute Gasteiger partial charge is 0.166 e. The lowest BCUT2D eigenvalue weighted by Crippen LogP contribution is -1.98. The molecule has 0 fully saturated rings. The molecule has 3 aromatic rings. The predicted molar refractivity (Wildman–Crippen MR) is 151 cm³/mol. The van der Waals surface area contributed by atoms with E-state index in [1.54, 1.807) is 12.1 Å². The molecule has 0 saturated carbocycles. The van der Waals surface area contributed by atoms with Crippen LogP contribution in [-0.4, -0.2) is 0 Å². The van der Waals surface area contributed by atoms with Gasteiger partial charge in [-0.1, -0.05) is 139 Å². The molecule has 0 aromatic heterocycles. The van der Waals surface area contributed by atoms with Gasteiger partial charge in [-0.3, -0.25) is 0 Å². The van der Waals surface area contributed by atoms with Gasteiger partial charge >= 0.3 is 0 Å². The molecule has 0 amide bonds. The van der Waals surface area contributed by atoms with Crippen LogP contribution >= 0.6 is 0 Å². The Morgan fingerprint density at radius 3 is 1.50 bits per heavy atom. The second-order valence-corrected chi connectivity index (χ2v) is 10.2. The zero-order chi connectivity index (χ0) is 25.6. The topological polar surface area (TPSA) is 0 Å². The van der Waals surface area contributed by atoms with Gasteiger partial charge < -0.3 is 0 Å². The maximum absolute atomic E-state index is 14.9. The first-order valence-electron chi connectivity index (χ1n) is 14.3. The second kappa shape index (κ2) is 15.6. The van der Waals surface area contributed by atoms with E-state index < -0.39 is 11.6 Å². The van der Waals surface area contributed by atoms with Gasteiger partial charge in [0.2, 0.25) is 0 Å². The normalized spacial score (nSPS) is 11.2. The van der Waals surface area contributed by atoms with Gasteiger partial charge in [0.25, 0.3) is 0 Å². The maximum atomic E-state index is 14.9. The summed E-state index contributed by atoms with van der Waals surface area (Å²) in [6.07, 6.45) is 16.5. The third kappa shape index (κ3) is 8.57. The molecule has 194 valence electrons. The van der Waals surface area contributed by atoms with Gasteiger partial charge in [0.05, 0.1) is 0 Å². The number of unbranched alkanes of at least 4 members (excludes halogenated alkanes) is 10. The van der Waals surface area contributed by atoms with E-state index >= 15 is 0 Å². The Bertz CT molecular complexity index is 1020. The summed E-state index contributed by atoms with van der Waals surface area (Å²) in [7, 11) is 0. The minimum Gasteiger partial charge on any atom is -0.203 e. The molecule has 0 unspecified atom stereocenters. The van der Waals surface area contributed by atoms with E-state index in [4.69, 9.17) is 0 Å². The molecule has 0 bridgehead atoms. The number of hydrogen-bond acceptors (Lipinski definition) is 0. The van der Waals surface area contributed by atoms with Crippen molar-refractivity contribution in [3.8, 4) is 22.3 Å². The average Bonchev–Trinajstić information content (AvgIpc) is 2.91. The molecule has 0 atom stereocenters. The zero-order valence-electron chi connectivity index (χ0n) is 22.4. The summed E-state index contributed by atoms with van der Waals surface area (Å²) in [6.45, 7) is 4.43. The lowest BCUT2D eigenvalue weighted by molar-refractivity contribution is 0.497. The van der Waals surface area contributed by atoms with Gasteiger partial charge in [-0.25, -0.2) is 8.78 Å². The third-order valence-corrected chi connectivity index (χ3v) is 7.26. The van der Waals surface area contributed by atoms with Crippen molar-refractivity contribution in [3.05, 3.63) is 83.4 Å². The highest BCUT2D eigenvalue weighted by molar-refractivity contribution is 5.71. The average molecular weight is 491 g/mol. The largest absolute Gasteiger partial charge is 0.203 e. The Kier molecular flexibility index (Phi) is 12.2. The Labute approximate surface area is 218 Å². The number of hydrogen-bond donors (Lipinski definition) is 0. The molecule has 0 aliphatic heterocycles. The number of rotatable bonds is 16. The first-order valence-corrected chi connectivity index (χ1v) is 14.3. The Morgan fingerprint density at radius 1 is 0.444 bits per heavy atom. The summed E-state index contributed by atoms with van der Waals surface area (Å²) in [5.74, 6) is -1.42. The minimum absolute atomic E-state index is 0.332. The summed E-state index contributed by atoms with van der Waals surface area (Å²) in [5, 5.41) is 0. The first kappa shape index (κ1) is 28.1. The van der Waals surface area contributed by atoms with E-state index in [9.17, 15) is 8.78 Å². The van der Waals surface area contributed by atoms with Crippen LogP contribution in [0.25, 0.3) is 22.3 Å². The molecule has 36 heavy (non-hydrogen) atoms. The molecule has 0 aliphatic carbocycles. The van der Waals surface area contributed by atoms with Crippen molar-refractivity contribution < 1.29 is 8.78 Å². The van der Waals surface area contributed by atoms with E-state index in [1.165, 1.54) is 63.4 Å². The van der Waals surface area contributed by atoms with E-state index in [1.807, 2.05) is 24.3 Å². The molecule has 0 radical (unpaired) electrons. The third-order valence-electron chi connectivity index (χ3n) is 7.26. The summed E-state index contributed by atoms with van der Waals surface area (Å²) >= 11 is 0. The van der Waals surface area contributed by atoms with Gasteiger partial charge in [0.15, 0.2) is 11.6 Å². The van der Waals surface area contributed by atoms with E-state index in [2.05, 4.69) is 38.1 Å². The zero-order valence-corrected chi connectivity index (χ0v) is 22.4. The fraction of sp³-hybridized carbons (Fsp3) is 0.471. The fourth-order valence-electron chi connectivity index (χ4n) is 4.92. The number of halogens is 2. The van der Waals surface area contributed by atoms with Crippen LogP contribution < -0.4 is 0 Å². The van der Waals surface area contributed by atoms with Crippen molar-refractivity contribution in [2.24, 2.45) is 0 Å². The maximum Gasteiger partial charge on any atom is 0.166 e. The van der Waals surface area contributed by atoms with Gasteiger partial charge in [-0.2, -0.15) is 0 Å². The molecule has 0 nitrogen and oxygen atoms in total. The van der Waals surface area contributed by atoms with Crippen LogP contribution in [0.5, 0.6) is 0 Å². The van der Waals surface area contributed by atoms with Gasteiger partial charge in [0.1, 0.15) is 0 Å². The molecule has 0 N–H and O–H groups in total. The summed E-state index contributed by atoms with van der Waals surface area (Å²) in [6, 6.07) is 20.0. The number of aryl methyl sites for hydroxylation is 2. The molecule has 2 heteroatoms. The molecule has 0 heterocycles. The second-order valence-electron chi connectivity index (χ2n) is 10.2. The summed E-state index contributed by atoms with van der Waals surface area (Å²) in [5.41, 5.74) is 5.15. The fourth-order valence-corrected chi connectivity index (χ4v) is 4.92. The van der Waals surface area contributed by atoms with Gasteiger partial charge in [-0.15, -0.1) is 0 Å². The lowest BCUT2D eigenvalue weighted by Gasteiger charge is -2.10. The molecule has 3 aromatic carbocycles. The van der Waals surface area contributed by atoms with Crippen molar-refractivity contribution in [1.29, 1.82) is 0 Å². The molecular weight excluding hydrogens is 446 g/mol. The Balaban J connectivity index is 1.54. The highest BCUT2D eigenvalue weighted by Gasteiger charge is 2.14. The monoisotopic (exact) mass is 490 g/mol. The number of benzene rings is 3. The van der Waals surface area contributed by atoms with Crippen LogP contribution in [0.3, 0.4) is 0 Å². The highest BCUT2D eigenvalue weighted by atomic mass is 19.2. The Hall–Kier alpha value is -2.48. The van der Waals surface area contributed by atoms with E-state index in [-0.39, 0.29) is 0 Å². The molecule has 0 saturated heterocycles. The molecule has 3 rings (SSSR count). The first-order chi connectivity index (χ1) is 17.6. The van der Waals surface area contributed by atoms with E-state index in [0.717, 1.165) is 36.8 Å². The van der Waals surface area contributed by atoms with E-state index in [0.29, 0.717) is 23.1 Å². The van der Waals surface area contributed by atoms with Crippen molar-refractivity contribution in [2.45, 2.75) is 104 Å². The standard InChI is InChI=1S/C34H44F2/c1-3-5-7-9-10-12-13-15-27-17-19-28(20-18-27)29-21-23-30(24-22-29)32-26-25-31(33(35)34(32)36)16-14-11-8-6-4-2/h17-26H,3-16H2,1-2H3. The van der Waals surface area contributed by atoms with Crippen LogP contribution in [0.4, 0.5) is 8.78 Å². The molecule has 0 spiro atoms. The SMILES string of the molecule is CCCCCCCCCc1ccc(-c2ccc(-c3ccc(CCCCCCC)c(F)c3F)cc2)cc1. The molecule has 0 aliphatic rings. The van der Waals surface area contributed by atoms with Crippen LogP contribution in [0.1, 0.15) is 102 Å². The van der Waals surface area contributed by atoms with Crippen molar-refractivity contribution in [2.75, 3.05) is 0 Å². The quantitative estimate of drug-likeness (QED) is 0.175. The van der Waals surface area contributed by atoms with Crippen LogP contribution in [0.2, 0.25) is 0 Å². The van der Waals surface area contributed by atoms with Gasteiger partial charge in [-0.05, 0) is 53.5 Å². The lowest BCUT2D eigenvalue weighted by atomic mass is 9.96. The van der Waals surface area contributed by atoms with Crippen molar-refractivity contribution >= 4 is 0 Å². The summed E-state index contributed by atoms with van der Waals surface area (Å²) in [4.78, 5) is 0. The summed E-state index contributed by atoms with van der Waals surface area (Å²) < 4.78 is 29.6.